The molecule has 0 aliphatic heterocycles. The molecule has 5 heteroatoms. The van der Waals surface area contributed by atoms with Crippen molar-refractivity contribution in [3.05, 3.63) is 66.0 Å². The van der Waals surface area contributed by atoms with Crippen molar-refractivity contribution in [2.24, 2.45) is 5.10 Å². The number of nitrogens with one attached hydrogen (secondary N) is 1. The van der Waals surface area contributed by atoms with Gasteiger partial charge in [-0.1, -0.05) is 30.3 Å². The fourth-order valence-corrected chi connectivity index (χ4v) is 2.61. The molecule has 0 aliphatic rings. The monoisotopic (exact) mass is 316 g/mol. The second-order valence-corrected chi connectivity index (χ2v) is 5.82. The first-order chi connectivity index (χ1) is 10.6. The number of benzene rings is 2. The van der Waals surface area contributed by atoms with Crippen LogP contribution in [0.15, 0.2) is 64.6 Å². The van der Waals surface area contributed by atoms with Crippen LogP contribution in [0, 0.1) is 5.82 Å². The number of halogens is 1. The van der Waals surface area contributed by atoms with Gasteiger partial charge in [-0.3, -0.25) is 4.79 Å². The van der Waals surface area contributed by atoms with Gasteiger partial charge in [0.1, 0.15) is 5.82 Å². The van der Waals surface area contributed by atoms with Gasteiger partial charge in [0.2, 0.25) is 5.91 Å². The number of rotatable bonds is 6. The normalized spacial score (nSPS) is 11.3. The zero-order chi connectivity index (χ0) is 15.8. The zero-order valence-electron chi connectivity index (χ0n) is 12.3. The van der Waals surface area contributed by atoms with Crippen molar-refractivity contribution in [1.82, 2.24) is 5.43 Å². The molecule has 114 valence electrons. The van der Waals surface area contributed by atoms with Crippen LogP contribution >= 0.6 is 11.8 Å². The molecule has 0 atom stereocenters. The topological polar surface area (TPSA) is 41.5 Å². The van der Waals surface area contributed by atoms with Crippen molar-refractivity contribution < 1.29 is 9.18 Å². The summed E-state index contributed by atoms with van der Waals surface area (Å²) >= 11 is 1.63. The van der Waals surface area contributed by atoms with Crippen LogP contribution in [-0.2, 0) is 4.79 Å². The van der Waals surface area contributed by atoms with E-state index in [1.165, 1.54) is 12.1 Å². The summed E-state index contributed by atoms with van der Waals surface area (Å²) in [6, 6.07) is 15.9. The number of amides is 1. The summed E-state index contributed by atoms with van der Waals surface area (Å²) in [5.41, 5.74) is 3.94. The smallest absolute Gasteiger partial charge is 0.240 e. The van der Waals surface area contributed by atoms with Gasteiger partial charge in [0.25, 0.3) is 0 Å². The van der Waals surface area contributed by atoms with Gasteiger partial charge in [0, 0.05) is 17.1 Å². The Labute approximate surface area is 133 Å². The Kier molecular flexibility index (Phi) is 6.15. The Morgan fingerprint density at radius 1 is 1.14 bits per heavy atom. The van der Waals surface area contributed by atoms with Gasteiger partial charge < -0.3 is 0 Å². The number of carbonyl (C=O) groups excluding carboxylic acids is 1. The predicted octanol–water partition coefficient (Wildman–Crippen LogP) is 3.85. The van der Waals surface area contributed by atoms with Crippen LogP contribution in [0.1, 0.15) is 18.9 Å². The lowest BCUT2D eigenvalue weighted by atomic mass is 10.1. The number of thioether (sulfide) groups is 1. The number of hydrogen-bond acceptors (Lipinski definition) is 3. The lowest BCUT2D eigenvalue weighted by Gasteiger charge is -2.03. The first-order valence-electron chi connectivity index (χ1n) is 6.92. The average Bonchev–Trinajstić information content (AvgIpc) is 2.54. The van der Waals surface area contributed by atoms with Crippen LogP contribution in [0.5, 0.6) is 0 Å². The molecule has 1 amide bonds. The minimum Gasteiger partial charge on any atom is -0.273 e. The Morgan fingerprint density at radius 3 is 2.50 bits per heavy atom. The van der Waals surface area contributed by atoms with E-state index in [1.807, 2.05) is 30.3 Å². The zero-order valence-corrected chi connectivity index (χ0v) is 13.1. The molecule has 2 aromatic rings. The van der Waals surface area contributed by atoms with Crippen molar-refractivity contribution in [2.45, 2.75) is 18.2 Å². The Balaban J connectivity index is 1.77. The van der Waals surface area contributed by atoms with E-state index in [-0.39, 0.29) is 11.7 Å². The second-order valence-electron chi connectivity index (χ2n) is 4.65. The van der Waals surface area contributed by atoms with Crippen molar-refractivity contribution in [3.63, 3.8) is 0 Å². The molecule has 1 N–H and O–H groups in total. The molecular formula is C17H17FN2OS. The molecule has 0 fully saturated rings. The van der Waals surface area contributed by atoms with Crippen molar-refractivity contribution >= 4 is 23.4 Å². The summed E-state index contributed by atoms with van der Waals surface area (Å²) in [4.78, 5) is 12.9. The summed E-state index contributed by atoms with van der Waals surface area (Å²) in [6.45, 7) is 1.77. The van der Waals surface area contributed by atoms with Gasteiger partial charge in [0.05, 0.1) is 5.71 Å². The van der Waals surface area contributed by atoms with Crippen LogP contribution in [0.2, 0.25) is 0 Å². The van der Waals surface area contributed by atoms with Crippen molar-refractivity contribution in [1.29, 1.82) is 0 Å². The lowest BCUT2D eigenvalue weighted by Crippen LogP contribution is -2.19. The van der Waals surface area contributed by atoms with Crippen LogP contribution < -0.4 is 5.43 Å². The highest BCUT2D eigenvalue weighted by Crippen LogP contribution is 2.17. The summed E-state index contributed by atoms with van der Waals surface area (Å²) in [5.74, 6) is 0.268. The van der Waals surface area contributed by atoms with Gasteiger partial charge in [-0.2, -0.15) is 5.10 Å². The van der Waals surface area contributed by atoms with E-state index in [4.69, 9.17) is 0 Å². The van der Waals surface area contributed by atoms with Crippen LogP contribution in [0.25, 0.3) is 0 Å². The largest absolute Gasteiger partial charge is 0.273 e. The molecule has 0 spiro atoms. The van der Waals surface area contributed by atoms with Gasteiger partial charge >= 0.3 is 0 Å². The van der Waals surface area contributed by atoms with Gasteiger partial charge in [-0.25, -0.2) is 9.82 Å². The molecule has 0 aliphatic carbocycles. The molecule has 0 aromatic heterocycles. The number of hydrazone groups is 1. The Hall–Kier alpha value is -2.14. The van der Waals surface area contributed by atoms with E-state index in [1.54, 1.807) is 30.8 Å². The molecule has 22 heavy (non-hydrogen) atoms. The highest BCUT2D eigenvalue weighted by Gasteiger charge is 2.02. The summed E-state index contributed by atoms with van der Waals surface area (Å²) < 4.78 is 12.8. The van der Waals surface area contributed by atoms with Crippen molar-refractivity contribution in [2.75, 3.05) is 5.75 Å². The first kappa shape index (κ1) is 16.2. The van der Waals surface area contributed by atoms with Gasteiger partial charge in [0.15, 0.2) is 0 Å². The third-order valence-corrected chi connectivity index (χ3v) is 3.97. The molecule has 2 aromatic carbocycles. The fraction of sp³-hybridized carbons (Fsp3) is 0.176. The molecule has 0 unspecified atom stereocenters. The third kappa shape index (κ3) is 5.33. The SMILES string of the molecule is C/C(=N/NC(=O)CCSc1ccccc1)c1ccc(F)cc1. The Bertz CT molecular complexity index is 641. The van der Waals surface area contributed by atoms with Crippen LogP contribution in [0.3, 0.4) is 0 Å². The molecular weight excluding hydrogens is 299 g/mol. The lowest BCUT2D eigenvalue weighted by molar-refractivity contribution is -0.120. The average molecular weight is 316 g/mol. The second kappa shape index (κ2) is 8.34. The third-order valence-electron chi connectivity index (χ3n) is 2.95. The summed E-state index contributed by atoms with van der Waals surface area (Å²) in [5, 5.41) is 4.04. The standard InChI is InChI=1S/C17H17FN2OS/c1-13(14-7-9-15(18)10-8-14)19-20-17(21)11-12-22-16-5-3-2-4-6-16/h2-10H,11-12H2,1H3,(H,20,21)/b19-13-. The maximum Gasteiger partial charge on any atom is 0.240 e. The number of nitrogens with zero attached hydrogens (tertiary/aromatic N) is 1. The van der Waals surface area contributed by atoms with E-state index >= 15 is 0 Å². The maximum absolute atomic E-state index is 12.8. The molecule has 0 radical (unpaired) electrons. The minimum atomic E-state index is -0.293. The number of carbonyl (C=O) groups is 1. The van der Waals surface area contributed by atoms with E-state index in [2.05, 4.69) is 10.5 Å². The molecule has 0 saturated heterocycles. The molecule has 0 heterocycles. The van der Waals surface area contributed by atoms with E-state index in [0.717, 1.165) is 10.5 Å². The highest BCUT2D eigenvalue weighted by molar-refractivity contribution is 7.99. The van der Waals surface area contributed by atoms with Crippen LogP contribution in [-0.4, -0.2) is 17.4 Å². The molecule has 0 saturated carbocycles. The summed E-state index contributed by atoms with van der Waals surface area (Å²) in [6.07, 6.45) is 0.389. The van der Waals surface area contributed by atoms with Gasteiger partial charge in [-0.05, 0) is 36.8 Å². The van der Waals surface area contributed by atoms with Crippen molar-refractivity contribution in [3.8, 4) is 0 Å². The van der Waals surface area contributed by atoms with Crippen LogP contribution in [0.4, 0.5) is 4.39 Å². The molecule has 3 nitrogen and oxygen atoms in total. The quantitative estimate of drug-likeness (QED) is 0.500. The molecule has 2 rings (SSSR count). The van der Waals surface area contributed by atoms with E-state index < -0.39 is 0 Å². The Morgan fingerprint density at radius 2 is 1.82 bits per heavy atom. The van der Waals surface area contributed by atoms with E-state index in [9.17, 15) is 9.18 Å². The molecule has 0 bridgehead atoms. The van der Waals surface area contributed by atoms with E-state index in [0.29, 0.717) is 17.9 Å². The minimum absolute atomic E-state index is 0.134. The summed E-state index contributed by atoms with van der Waals surface area (Å²) in [7, 11) is 0. The number of hydrogen-bond donors (Lipinski definition) is 1. The maximum atomic E-state index is 12.8. The predicted molar refractivity (Wildman–Crippen MR) is 88.5 cm³/mol. The first-order valence-corrected chi connectivity index (χ1v) is 7.90. The van der Waals surface area contributed by atoms with Gasteiger partial charge in [-0.15, -0.1) is 11.8 Å². The highest BCUT2D eigenvalue weighted by atomic mass is 32.2. The fourth-order valence-electron chi connectivity index (χ4n) is 1.74.